The summed E-state index contributed by atoms with van der Waals surface area (Å²) < 4.78 is 10.3. The Bertz CT molecular complexity index is 733. The van der Waals surface area contributed by atoms with Crippen molar-refractivity contribution in [3.05, 3.63) is 33.9 Å². The molecule has 166 valence electrons. The number of nitro benzene ring substituents is 1. The molecule has 0 radical (unpaired) electrons. The minimum Gasteiger partial charge on any atom is -0.452 e. The van der Waals surface area contributed by atoms with E-state index in [1.54, 1.807) is 6.07 Å². The number of esters is 1. The van der Waals surface area contributed by atoms with Crippen molar-refractivity contribution in [1.82, 2.24) is 5.32 Å². The van der Waals surface area contributed by atoms with Gasteiger partial charge in [0.05, 0.1) is 23.7 Å². The summed E-state index contributed by atoms with van der Waals surface area (Å²) in [6, 6.07) is 4.22. The molecule has 1 fully saturated rings. The van der Waals surface area contributed by atoms with Crippen LogP contribution in [-0.2, 0) is 14.3 Å². The molecule has 0 spiro atoms. The molecular weight excluding hydrogens is 390 g/mol. The van der Waals surface area contributed by atoms with Gasteiger partial charge in [0.25, 0.3) is 11.6 Å². The maximum absolute atomic E-state index is 12.3. The molecule has 0 bridgehead atoms. The molecule has 2 rings (SSSR count). The molecule has 1 atom stereocenters. The lowest BCUT2D eigenvalue weighted by atomic mass is 9.99. The highest BCUT2D eigenvalue weighted by atomic mass is 16.6. The summed E-state index contributed by atoms with van der Waals surface area (Å²) >= 11 is 0. The molecule has 0 unspecified atom stereocenters. The van der Waals surface area contributed by atoms with Crippen molar-refractivity contribution in [2.45, 2.75) is 39.5 Å². The lowest BCUT2D eigenvalue weighted by Crippen LogP contribution is -2.36. The van der Waals surface area contributed by atoms with Gasteiger partial charge in [-0.2, -0.15) is 0 Å². The van der Waals surface area contributed by atoms with E-state index in [-0.39, 0.29) is 17.2 Å². The van der Waals surface area contributed by atoms with Crippen molar-refractivity contribution in [3.63, 3.8) is 0 Å². The normalized spacial score (nSPS) is 14.8. The Morgan fingerprint density at radius 3 is 2.67 bits per heavy atom. The second-order valence-electron chi connectivity index (χ2n) is 7.36. The number of carbonyl (C=O) groups is 2. The summed E-state index contributed by atoms with van der Waals surface area (Å²) in [5, 5.41) is 14.3. The van der Waals surface area contributed by atoms with E-state index in [9.17, 15) is 19.7 Å². The fourth-order valence-corrected chi connectivity index (χ4v) is 3.34. The largest absolute Gasteiger partial charge is 0.452 e. The van der Waals surface area contributed by atoms with Crippen molar-refractivity contribution < 1.29 is 24.0 Å². The molecule has 0 saturated carbocycles. The van der Waals surface area contributed by atoms with Gasteiger partial charge in [-0.1, -0.05) is 33.1 Å². The van der Waals surface area contributed by atoms with Crippen LogP contribution in [0, 0.1) is 16.0 Å². The minimum absolute atomic E-state index is 0.0425. The number of benzene rings is 1. The Kier molecular flexibility index (Phi) is 9.53. The number of morpholine rings is 1. The van der Waals surface area contributed by atoms with Crippen molar-refractivity contribution >= 4 is 23.3 Å². The second kappa shape index (κ2) is 12.1. The Labute approximate surface area is 176 Å². The Hall–Kier alpha value is -2.68. The number of ether oxygens (including phenoxy) is 2. The van der Waals surface area contributed by atoms with E-state index in [0.717, 1.165) is 25.7 Å². The number of rotatable bonds is 11. The average molecular weight is 421 g/mol. The smallest absolute Gasteiger partial charge is 0.338 e. The van der Waals surface area contributed by atoms with Gasteiger partial charge < -0.3 is 19.7 Å². The summed E-state index contributed by atoms with van der Waals surface area (Å²) in [6.45, 7) is 6.42. The van der Waals surface area contributed by atoms with E-state index in [1.807, 2.05) is 4.90 Å². The summed E-state index contributed by atoms with van der Waals surface area (Å²) in [6.07, 6.45) is 4.24. The number of nitrogens with zero attached hydrogens (tertiary/aromatic N) is 2. The molecule has 0 aromatic heterocycles. The maximum Gasteiger partial charge on any atom is 0.338 e. The quantitative estimate of drug-likeness (QED) is 0.332. The van der Waals surface area contributed by atoms with E-state index >= 15 is 0 Å². The molecule has 1 saturated heterocycles. The van der Waals surface area contributed by atoms with E-state index in [2.05, 4.69) is 19.2 Å². The third kappa shape index (κ3) is 6.98. The molecule has 0 aliphatic carbocycles. The summed E-state index contributed by atoms with van der Waals surface area (Å²) in [5.74, 6) is -0.738. The minimum atomic E-state index is -0.764. The number of hydrogen-bond donors (Lipinski definition) is 1. The lowest BCUT2D eigenvalue weighted by Gasteiger charge is -2.28. The van der Waals surface area contributed by atoms with Gasteiger partial charge in [0.15, 0.2) is 6.61 Å². The van der Waals surface area contributed by atoms with Crippen molar-refractivity contribution in [3.8, 4) is 0 Å². The first kappa shape index (κ1) is 23.6. The predicted molar refractivity (Wildman–Crippen MR) is 113 cm³/mol. The first-order chi connectivity index (χ1) is 14.5. The highest BCUT2D eigenvalue weighted by Crippen LogP contribution is 2.30. The number of nitro groups is 1. The van der Waals surface area contributed by atoms with Gasteiger partial charge in [0.1, 0.15) is 5.69 Å². The van der Waals surface area contributed by atoms with Gasteiger partial charge in [-0.15, -0.1) is 0 Å². The van der Waals surface area contributed by atoms with Gasteiger partial charge in [-0.3, -0.25) is 14.9 Å². The van der Waals surface area contributed by atoms with Gasteiger partial charge in [-0.25, -0.2) is 4.79 Å². The lowest BCUT2D eigenvalue weighted by molar-refractivity contribution is -0.384. The monoisotopic (exact) mass is 421 g/mol. The number of anilines is 1. The molecular formula is C21H31N3O6. The first-order valence-corrected chi connectivity index (χ1v) is 10.5. The van der Waals surface area contributed by atoms with Crippen LogP contribution in [0.4, 0.5) is 11.4 Å². The Balaban J connectivity index is 1.92. The molecule has 9 heteroatoms. The van der Waals surface area contributed by atoms with E-state index < -0.39 is 17.5 Å². The number of carbonyl (C=O) groups excluding carboxylic acids is 2. The van der Waals surface area contributed by atoms with Crippen LogP contribution in [0.5, 0.6) is 0 Å². The Morgan fingerprint density at radius 1 is 1.30 bits per heavy atom. The number of hydrogen-bond acceptors (Lipinski definition) is 7. The van der Waals surface area contributed by atoms with E-state index in [4.69, 9.17) is 9.47 Å². The molecule has 1 heterocycles. The number of amides is 1. The zero-order valence-corrected chi connectivity index (χ0v) is 17.7. The average Bonchev–Trinajstić information content (AvgIpc) is 2.77. The van der Waals surface area contributed by atoms with E-state index in [0.29, 0.717) is 44.5 Å². The van der Waals surface area contributed by atoms with Crippen molar-refractivity contribution in [2.75, 3.05) is 44.4 Å². The number of unbranched alkanes of at least 4 members (excludes halogenated alkanes) is 1. The SMILES string of the molecule is CCCC[C@@H](CC)CNC(=O)COC(=O)c1ccc(N2CCOCC2)c([N+](=O)[O-])c1. The molecule has 1 aliphatic heterocycles. The van der Waals surface area contributed by atoms with Crippen LogP contribution in [0.25, 0.3) is 0 Å². The highest BCUT2D eigenvalue weighted by molar-refractivity contribution is 5.93. The fourth-order valence-electron chi connectivity index (χ4n) is 3.34. The van der Waals surface area contributed by atoms with Crippen LogP contribution in [0.3, 0.4) is 0 Å². The summed E-state index contributed by atoms with van der Waals surface area (Å²) in [4.78, 5) is 37.1. The molecule has 1 aromatic carbocycles. The standard InChI is InChI=1S/C21H31N3O6/c1-3-5-6-16(4-2)14-22-20(25)15-30-21(26)17-7-8-18(19(13-17)24(27)28)23-9-11-29-12-10-23/h7-8,13,16H,3-6,9-12,14-15H2,1-2H3,(H,22,25)/t16-/m1/s1. The van der Waals surface area contributed by atoms with Crippen LogP contribution in [0.15, 0.2) is 18.2 Å². The van der Waals surface area contributed by atoms with Gasteiger partial charge in [0.2, 0.25) is 0 Å². The third-order valence-electron chi connectivity index (χ3n) is 5.23. The van der Waals surface area contributed by atoms with Crippen LogP contribution in [0.2, 0.25) is 0 Å². The van der Waals surface area contributed by atoms with Gasteiger partial charge in [-0.05, 0) is 24.5 Å². The molecule has 9 nitrogen and oxygen atoms in total. The van der Waals surface area contributed by atoms with Crippen molar-refractivity contribution in [2.24, 2.45) is 5.92 Å². The van der Waals surface area contributed by atoms with Crippen LogP contribution in [0.1, 0.15) is 49.9 Å². The predicted octanol–water partition coefficient (Wildman–Crippen LogP) is 2.92. The molecule has 1 amide bonds. The molecule has 1 N–H and O–H groups in total. The van der Waals surface area contributed by atoms with Gasteiger partial charge >= 0.3 is 5.97 Å². The summed E-state index contributed by atoms with van der Waals surface area (Å²) in [7, 11) is 0. The molecule has 1 aromatic rings. The topological polar surface area (TPSA) is 111 Å². The Morgan fingerprint density at radius 2 is 2.03 bits per heavy atom. The molecule has 1 aliphatic rings. The fraction of sp³-hybridized carbons (Fsp3) is 0.619. The summed E-state index contributed by atoms with van der Waals surface area (Å²) in [5.41, 5.74) is 0.314. The number of nitrogens with one attached hydrogen (secondary N) is 1. The zero-order valence-electron chi connectivity index (χ0n) is 17.7. The molecule has 30 heavy (non-hydrogen) atoms. The van der Waals surface area contributed by atoms with Crippen molar-refractivity contribution in [1.29, 1.82) is 0 Å². The first-order valence-electron chi connectivity index (χ1n) is 10.5. The second-order valence-corrected chi connectivity index (χ2v) is 7.36. The van der Waals surface area contributed by atoms with E-state index in [1.165, 1.54) is 12.1 Å². The zero-order chi connectivity index (χ0) is 21.9. The van der Waals surface area contributed by atoms with Gasteiger partial charge in [0, 0.05) is 25.7 Å². The third-order valence-corrected chi connectivity index (χ3v) is 5.23. The van der Waals surface area contributed by atoms with Crippen LogP contribution < -0.4 is 10.2 Å². The maximum atomic E-state index is 12.3. The van der Waals surface area contributed by atoms with Crippen LogP contribution in [-0.4, -0.2) is 56.3 Å². The highest BCUT2D eigenvalue weighted by Gasteiger charge is 2.24. The van der Waals surface area contributed by atoms with Crippen LogP contribution >= 0.6 is 0 Å².